The molecule has 0 atom stereocenters. The first kappa shape index (κ1) is 19.6. The fourth-order valence-electron chi connectivity index (χ4n) is 1.70. The Balaban J connectivity index is 0. The Morgan fingerprint density at radius 3 is 1.25 bits per heavy atom. The van der Waals surface area contributed by atoms with Gasteiger partial charge in [0.15, 0.2) is 0 Å². The quantitative estimate of drug-likeness (QED) is 0.307. The van der Waals surface area contributed by atoms with E-state index in [0.717, 1.165) is 0 Å². The van der Waals surface area contributed by atoms with E-state index >= 15 is 0 Å². The van der Waals surface area contributed by atoms with Gasteiger partial charge in [-0.2, -0.15) is 0 Å². The van der Waals surface area contributed by atoms with Crippen molar-refractivity contribution in [3.05, 3.63) is 0 Å². The Hall–Kier alpha value is 1.23. The van der Waals surface area contributed by atoms with Crippen LogP contribution in [-0.4, -0.2) is 39.6 Å². The van der Waals surface area contributed by atoms with Crippen LogP contribution in [-0.2, 0) is 0 Å². The summed E-state index contributed by atoms with van der Waals surface area (Å²) in [5, 5.41) is 0. The van der Waals surface area contributed by atoms with Crippen molar-refractivity contribution in [3.8, 4) is 0 Å². The third-order valence-corrected chi connectivity index (χ3v) is 11.4. The van der Waals surface area contributed by atoms with Crippen molar-refractivity contribution in [1.82, 2.24) is 0 Å². The third-order valence-electron chi connectivity index (χ3n) is 3.05. The molecule has 0 unspecified atom stereocenters. The molecule has 0 aromatic rings. The van der Waals surface area contributed by atoms with E-state index in [4.69, 9.17) is 0 Å². The molecule has 0 saturated carbocycles. The molecule has 0 aromatic heterocycles. The fraction of sp³-hybridized carbons (Fsp3) is 1.00. The van der Waals surface area contributed by atoms with Crippen molar-refractivity contribution in [1.29, 1.82) is 0 Å². The molecular formula is C14H35PSn. The van der Waals surface area contributed by atoms with Crippen LogP contribution in [0.25, 0.3) is 0 Å². The van der Waals surface area contributed by atoms with E-state index in [0.29, 0.717) is 7.92 Å². The van der Waals surface area contributed by atoms with E-state index in [-0.39, 0.29) is 21.1 Å². The summed E-state index contributed by atoms with van der Waals surface area (Å²) >= 11 is -0.159. The van der Waals surface area contributed by atoms with Gasteiger partial charge in [0.25, 0.3) is 0 Å². The summed E-state index contributed by atoms with van der Waals surface area (Å²) in [6.07, 6.45) is 10.2. The largest absolute Gasteiger partial charge is 0.108 e. The summed E-state index contributed by atoms with van der Waals surface area (Å²) in [6.45, 7) is 11.5. The van der Waals surface area contributed by atoms with Crippen molar-refractivity contribution >= 4 is 29.1 Å². The second-order valence-electron chi connectivity index (χ2n) is 4.39. The maximum absolute atomic E-state index is 2.30. The van der Waals surface area contributed by atoms with Crippen LogP contribution in [0.1, 0.15) is 60.3 Å². The van der Waals surface area contributed by atoms with Crippen LogP contribution >= 0.6 is 7.92 Å². The van der Waals surface area contributed by atoms with Gasteiger partial charge in [-0.1, -0.05) is 20.8 Å². The van der Waals surface area contributed by atoms with Gasteiger partial charge in [-0.3, -0.25) is 0 Å². The van der Waals surface area contributed by atoms with Crippen molar-refractivity contribution < 1.29 is 0 Å². The van der Waals surface area contributed by atoms with E-state index in [1.54, 1.807) is 8.87 Å². The predicted octanol–water partition coefficient (Wildman–Crippen LogP) is 5.12. The number of unbranched alkanes of at least 4 members (excludes halogenated alkanes) is 2. The van der Waals surface area contributed by atoms with Crippen molar-refractivity contribution in [2.24, 2.45) is 0 Å². The summed E-state index contributed by atoms with van der Waals surface area (Å²) in [6, 6.07) is 0. The molecule has 0 N–H and O–H groups in total. The first-order chi connectivity index (χ1) is 7.76. The van der Waals surface area contributed by atoms with Gasteiger partial charge in [0.05, 0.1) is 0 Å². The SMILES string of the molecule is CCC[CH2][SnH2][CH2]CCC.CCP(CC)CC. The molecule has 0 spiro atoms. The van der Waals surface area contributed by atoms with Crippen LogP contribution in [0.5, 0.6) is 0 Å². The van der Waals surface area contributed by atoms with E-state index in [1.165, 1.54) is 44.2 Å². The van der Waals surface area contributed by atoms with E-state index in [9.17, 15) is 0 Å². The van der Waals surface area contributed by atoms with Crippen LogP contribution < -0.4 is 0 Å². The van der Waals surface area contributed by atoms with Gasteiger partial charge in [-0.05, 0) is 18.5 Å². The van der Waals surface area contributed by atoms with Crippen molar-refractivity contribution in [3.63, 3.8) is 0 Å². The molecule has 0 bridgehead atoms. The van der Waals surface area contributed by atoms with Crippen LogP contribution in [0, 0.1) is 0 Å². The zero-order valence-corrected chi connectivity index (χ0v) is 17.4. The molecule has 0 fully saturated rings. The Morgan fingerprint density at radius 1 is 0.688 bits per heavy atom. The first-order valence-electron chi connectivity index (χ1n) is 7.48. The van der Waals surface area contributed by atoms with Crippen LogP contribution in [0.2, 0.25) is 8.87 Å². The average molecular weight is 353 g/mol. The van der Waals surface area contributed by atoms with Crippen molar-refractivity contribution in [2.75, 3.05) is 18.5 Å². The van der Waals surface area contributed by atoms with E-state index in [1.807, 2.05) is 0 Å². The van der Waals surface area contributed by atoms with E-state index < -0.39 is 0 Å². The zero-order chi connectivity index (χ0) is 12.6. The summed E-state index contributed by atoms with van der Waals surface area (Å²) in [7, 11) is 0.446. The molecular weight excluding hydrogens is 318 g/mol. The second-order valence-corrected chi connectivity index (χ2v) is 13.7. The number of hydrogen-bond donors (Lipinski definition) is 0. The summed E-state index contributed by atoms with van der Waals surface area (Å²) in [5.41, 5.74) is 0. The Morgan fingerprint density at radius 2 is 1.06 bits per heavy atom. The topological polar surface area (TPSA) is 0 Å². The maximum atomic E-state index is 2.30. The number of rotatable bonds is 9. The second kappa shape index (κ2) is 18.6. The molecule has 0 aliphatic carbocycles. The minimum Gasteiger partial charge on any atom is -0.108 e. The first-order valence-corrected chi connectivity index (χ1v) is 15.1. The molecule has 0 aliphatic rings. The smallest absolute Gasteiger partial charge is 0.0355 e. The minimum atomic E-state index is -0.159. The Labute approximate surface area is 116 Å². The standard InChI is InChI=1S/C6H15P.2C4H9.Sn.2H/c1-4-7(5-2)6-3;2*1-3-4-2;;;/h4-6H2,1-3H3;2*1,3-4H2,2H3;;;. The summed E-state index contributed by atoms with van der Waals surface area (Å²) < 4.78 is 3.33. The summed E-state index contributed by atoms with van der Waals surface area (Å²) in [5.74, 6) is 0. The van der Waals surface area contributed by atoms with Gasteiger partial charge in [0, 0.05) is 0 Å². The summed E-state index contributed by atoms with van der Waals surface area (Å²) in [4.78, 5) is 0. The average Bonchev–Trinajstić information content (AvgIpc) is 2.32. The molecule has 2 heteroatoms. The van der Waals surface area contributed by atoms with Gasteiger partial charge in [0.1, 0.15) is 0 Å². The molecule has 0 nitrogen and oxygen atoms in total. The molecule has 0 rings (SSSR count). The van der Waals surface area contributed by atoms with Crippen LogP contribution in [0.4, 0.5) is 0 Å². The van der Waals surface area contributed by atoms with Gasteiger partial charge >= 0.3 is 69.5 Å². The Kier molecular flexibility index (Phi) is 22.7. The molecule has 0 saturated heterocycles. The molecule has 0 heterocycles. The number of hydrogen-bond acceptors (Lipinski definition) is 0. The van der Waals surface area contributed by atoms with Gasteiger partial charge in [-0.25, -0.2) is 0 Å². The predicted molar refractivity (Wildman–Crippen MR) is 86.5 cm³/mol. The van der Waals surface area contributed by atoms with E-state index in [2.05, 4.69) is 34.6 Å². The van der Waals surface area contributed by atoms with Crippen molar-refractivity contribution in [2.45, 2.75) is 69.2 Å². The molecule has 0 amide bonds. The monoisotopic (exact) mass is 354 g/mol. The molecule has 100 valence electrons. The Bertz CT molecular complexity index is 91.4. The molecule has 16 heavy (non-hydrogen) atoms. The maximum Gasteiger partial charge on any atom is -0.0355 e. The third kappa shape index (κ3) is 17.6. The minimum absolute atomic E-state index is 0.159. The van der Waals surface area contributed by atoms with Gasteiger partial charge in [-0.15, -0.1) is 7.92 Å². The zero-order valence-electron chi connectivity index (χ0n) is 12.5. The normalized spacial score (nSPS) is 10.1. The van der Waals surface area contributed by atoms with Crippen LogP contribution in [0.3, 0.4) is 0 Å². The molecule has 0 aromatic carbocycles. The fourth-order valence-corrected chi connectivity index (χ4v) is 8.92. The van der Waals surface area contributed by atoms with Crippen LogP contribution in [0.15, 0.2) is 0 Å². The molecule has 0 aliphatic heterocycles. The molecule has 0 radical (unpaired) electrons. The van der Waals surface area contributed by atoms with Gasteiger partial charge in [0.2, 0.25) is 0 Å². The van der Waals surface area contributed by atoms with Gasteiger partial charge < -0.3 is 0 Å².